The van der Waals surface area contributed by atoms with Crippen LogP contribution in [0.15, 0.2) is 24.3 Å². The molecule has 0 saturated carbocycles. The lowest BCUT2D eigenvalue weighted by Gasteiger charge is -1.87. The Kier molecular flexibility index (Phi) is 1.97. The Morgan fingerprint density at radius 2 is 2.12 bits per heavy atom. The van der Waals surface area contributed by atoms with E-state index in [1.54, 1.807) is 0 Å². The van der Waals surface area contributed by atoms with Crippen molar-refractivity contribution < 1.29 is 0 Å². The van der Waals surface area contributed by atoms with Crippen molar-refractivity contribution >= 4 is 22.6 Å². The van der Waals surface area contributed by atoms with Crippen molar-refractivity contribution in [2.75, 3.05) is 0 Å². The summed E-state index contributed by atoms with van der Waals surface area (Å²) in [5, 5.41) is 7.73. The number of H-pyrrole nitrogens is 2. The van der Waals surface area contributed by atoms with Gasteiger partial charge in [0.15, 0.2) is 5.82 Å². The Balaban J connectivity index is 2.18. The van der Waals surface area contributed by atoms with Gasteiger partial charge in [0.1, 0.15) is 5.69 Å². The summed E-state index contributed by atoms with van der Waals surface area (Å²) in [4.78, 5) is 7.63. The van der Waals surface area contributed by atoms with Crippen LogP contribution in [0.25, 0.3) is 22.6 Å². The number of imidazole rings is 1. The maximum atomic E-state index is 5.91. The Morgan fingerprint density at radius 3 is 2.88 bits per heavy atom. The molecule has 2 N–H and O–H groups in total. The smallest absolute Gasteiger partial charge is 0.159 e. The predicted octanol–water partition coefficient (Wildman–Crippen LogP) is 2.91. The van der Waals surface area contributed by atoms with E-state index in [2.05, 4.69) is 20.2 Å². The third kappa shape index (κ3) is 1.47. The molecule has 0 saturated heterocycles. The van der Waals surface area contributed by atoms with E-state index in [0.29, 0.717) is 5.02 Å². The van der Waals surface area contributed by atoms with Crippen molar-refractivity contribution in [3.8, 4) is 11.5 Å². The Hall–Kier alpha value is -1.81. The van der Waals surface area contributed by atoms with E-state index in [1.165, 1.54) is 0 Å². The summed E-state index contributed by atoms with van der Waals surface area (Å²) in [6.45, 7) is 1.95. The van der Waals surface area contributed by atoms with Gasteiger partial charge < -0.3 is 4.98 Å². The van der Waals surface area contributed by atoms with Crippen LogP contribution in [0.4, 0.5) is 0 Å². The highest BCUT2D eigenvalue weighted by Gasteiger charge is 2.07. The first-order chi connectivity index (χ1) is 7.72. The van der Waals surface area contributed by atoms with Crippen LogP contribution in [0.2, 0.25) is 5.02 Å². The van der Waals surface area contributed by atoms with Gasteiger partial charge in [-0.15, -0.1) is 0 Å². The molecule has 0 aliphatic heterocycles. The Morgan fingerprint density at radius 1 is 1.25 bits per heavy atom. The van der Waals surface area contributed by atoms with Crippen molar-refractivity contribution in [1.82, 2.24) is 20.2 Å². The van der Waals surface area contributed by atoms with Crippen molar-refractivity contribution in [3.63, 3.8) is 0 Å². The van der Waals surface area contributed by atoms with Crippen molar-refractivity contribution in [3.05, 3.63) is 35.0 Å². The molecule has 80 valence electrons. The van der Waals surface area contributed by atoms with E-state index >= 15 is 0 Å². The summed E-state index contributed by atoms with van der Waals surface area (Å²) in [6, 6.07) is 7.51. The van der Waals surface area contributed by atoms with Crippen LogP contribution >= 0.6 is 11.6 Å². The van der Waals surface area contributed by atoms with Gasteiger partial charge in [-0.25, -0.2) is 4.98 Å². The van der Waals surface area contributed by atoms with Crippen LogP contribution < -0.4 is 0 Å². The minimum Gasteiger partial charge on any atom is -0.337 e. The largest absolute Gasteiger partial charge is 0.337 e. The lowest BCUT2D eigenvalue weighted by Crippen LogP contribution is -1.79. The quantitative estimate of drug-likeness (QED) is 0.678. The van der Waals surface area contributed by atoms with Crippen LogP contribution in [-0.2, 0) is 0 Å². The molecule has 0 spiro atoms. The highest BCUT2D eigenvalue weighted by atomic mass is 35.5. The molecular weight excluding hydrogens is 224 g/mol. The van der Waals surface area contributed by atoms with Crippen LogP contribution in [0.5, 0.6) is 0 Å². The maximum absolute atomic E-state index is 5.91. The zero-order chi connectivity index (χ0) is 11.1. The van der Waals surface area contributed by atoms with E-state index in [1.807, 2.05) is 31.2 Å². The van der Waals surface area contributed by atoms with Crippen molar-refractivity contribution in [1.29, 1.82) is 0 Å². The number of aromatic amines is 2. The summed E-state index contributed by atoms with van der Waals surface area (Å²) >= 11 is 5.91. The van der Waals surface area contributed by atoms with E-state index in [4.69, 9.17) is 11.6 Å². The molecule has 3 aromatic rings. The van der Waals surface area contributed by atoms with E-state index in [9.17, 15) is 0 Å². The predicted molar refractivity (Wildman–Crippen MR) is 63.4 cm³/mol. The van der Waals surface area contributed by atoms with Gasteiger partial charge in [-0.1, -0.05) is 11.6 Å². The van der Waals surface area contributed by atoms with Gasteiger partial charge >= 0.3 is 0 Å². The molecule has 0 radical (unpaired) electrons. The van der Waals surface area contributed by atoms with E-state index in [-0.39, 0.29) is 0 Å². The summed E-state index contributed by atoms with van der Waals surface area (Å²) in [5.74, 6) is 0.751. The van der Waals surface area contributed by atoms with Gasteiger partial charge in [-0.2, -0.15) is 5.10 Å². The molecule has 2 aromatic heterocycles. The fraction of sp³-hybridized carbons (Fsp3) is 0.0909. The van der Waals surface area contributed by atoms with E-state index < -0.39 is 0 Å². The molecule has 0 aliphatic carbocycles. The van der Waals surface area contributed by atoms with Crippen molar-refractivity contribution in [2.24, 2.45) is 0 Å². The number of halogens is 1. The minimum absolute atomic E-state index is 0.695. The third-order valence-corrected chi connectivity index (χ3v) is 2.63. The van der Waals surface area contributed by atoms with Crippen LogP contribution in [0.3, 0.4) is 0 Å². The number of benzene rings is 1. The number of aryl methyl sites for hydroxylation is 1. The van der Waals surface area contributed by atoms with Crippen molar-refractivity contribution in [2.45, 2.75) is 6.92 Å². The number of hydrogen-bond donors (Lipinski definition) is 2. The molecule has 3 rings (SSSR count). The molecule has 0 unspecified atom stereocenters. The van der Waals surface area contributed by atoms with Crippen LogP contribution in [0.1, 0.15) is 5.69 Å². The summed E-state index contributed by atoms with van der Waals surface area (Å²) in [6.07, 6.45) is 0. The molecule has 0 amide bonds. The van der Waals surface area contributed by atoms with Gasteiger partial charge in [0.05, 0.1) is 11.0 Å². The summed E-state index contributed by atoms with van der Waals surface area (Å²) < 4.78 is 0. The van der Waals surface area contributed by atoms with E-state index in [0.717, 1.165) is 28.2 Å². The number of nitrogens with one attached hydrogen (secondary N) is 2. The average molecular weight is 233 g/mol. The number of fused-ring (bicyclic) bond motifs is 1. The molecule has 0 bridgehead atoms. The Labute approximate surface area is 96.7 Å². The maximum Gasteiger partial charge on any atom is 0.159 e. The Bertz CT molecular complexity index is 653. The molecule has 0 atom stereocenters. The standard InChI is InChI=1S/C11H9ClN4/c1-6-4-10(16-15-6)11-13-8-3-2-7(12)5-9(8)14-11/h2-5H,1H3,(H,13,14)(H,15,16). The highest BCUT2D eigenvalue weighted by molar-refractivity contribution is 6.31. The molecular formula is C11H9ClN4. The minimum atomic E-state index is 0.695. The lowest BCUT2D eigenvalue weighted by molar-refractivity contribution is 1.04. The van der Waals surface area contributed by atoms with Gasteiger partial charge in [-0.3, -0.25) is 5.10 Å². The average Bonchev–Trinajstić information content (AvgIpc) is 2.83. The van der Waals surface area contributed by atoms with Gasteiger partial charge in [0, 0.05) is 10.7 Å². The normalized spacial score (nSPS) is 11.1. The number of hydrogen-bond acceptors (Lipinski definition) is 2. The zero-order valence-electron chi connectivity index (χ0n) is 8.58. The molecule has 16 heavy (non-hydrogen) atoms. The zero-order valence-corrected chi connectivity index (χ0v) is 9.34. The molecule has 0 fully saturated rings. The van der Waals surface area contributed by atoms with Gasteiger partial charge in [0.25, 0.3) is 0 Å². The second-order valence-electron chi connectivity index (χ2n) is 3.68. The number of nitrogens with zero attached hydrogens (tertiary/aromatic N) is 2. The second-order valence-corrected chi connectivity index (χ2v) is 4.12. The molecule has 1 aromatic carbocycles. The topological polar surface area (TPSA) is 57.4 Å². The fourth-order valence-corrected chi connectivity index (χ4v) is 1.81. The number of aromatic nitrogens is 4. The molecule has 4 nitrogen and oxygen atoms in total. The van der Waals surface area contributed by atoms with Gasteiger partial charge in [0.2, 0.25) is 0 Å². The van der Waals surface area contributed by atoms with Gasteiger partial charge in [-0.05, 0) is 31.2 Å². The lowest BCUT2D eigenvalue weighted by atomic mass is 10.3. The monoisotopic (exact) mass is 232 g/mol. The molecule has 0 aliphatic rings. The third-order valence-electron chi connectivity index (χ3n) is 2.39. The fourth-order valence-electron chi connectivity index (χ4n) is 1.64. The first-order valence-corrected chi connectivity index (χ1v) is 5.28. The van der Waals surface area contributed by atoms with Crippen LogP contribution in [-0.4, -0.2) is 20.2 Å². The van der Waals surface area contributed by atoms with Crippen LogP contribution in [0, 0.1) is 6.92 Å². The summed E-state index contributed by atoms with van der Waals surface area (Å²) in [7, 11) is 0. The first-order valence-electron chi connectivity index (χ1n) is 4.90. The first kappa shape index (κ1) is 9.42. The summed E-state index contributed by atoms with van der Waals surface area (Å²) in [5.41, 5.74) is 3.63. The SMILES string of the molecule is Cc1cc(-c2nc3ccc(Cl)cc3[nH]2)n[nH]1. The second kappa shape index (κ2) is 3.35. The molecule has 5 heteroatoms. The molecule has 2 heterocycles. The number of rotatable bonds is 1. The highest BCUT2D eigenvalue weighted by Crippen LogP contribution is 2.21.